The van der Waals surface area contributed by atoms with Crippen molar-refractivity contribution in [3.05, 3.63) is 97.2 Å². The molecule has 470 valence electrons. The van der Waals surface area contributed by atoms with Crippen LogP contribution in [0.5, 0.6) is 17.6 Å². The molecule has 0 unspecified atom stereocenters. The predicted octanol–water partition coefficient (Wildman–Crippen LogP) is 5.13. The smallest absolute Gasteiger partial charge is 0.668 e. The number of sulfone groups is 1. The molecule has 5 amide bonds. The largest absolute Gasteiger partial charge is 1.00 e. The number of carbonyl (C=O) groups is 5. The molecule has 87 heavy (non-hydrogen) atoms. The van der Waals surface area contributed by atoms with Gasteiger partial charge in [0.25, 0.3) is 17.7 Å². The van der Waals surface area contributed by atoms with Gasteiger partial charge in [0.15, 0.2) is 48.9 Å². The SMILES string of the molecule is CCC(N)=O.COc1ccc(SC)c(N)n1.C[Si](C)(C)[N-][Si](C)(C)C.[2H]C([2H])([2H])NC(=O)c1nnc(Cl)cc1Cl.[2H]C([2H])([2H])NC(=O)c1nnc(Cl)cc1Nc1nc(OC)ccc1C.[2H]C([2H])([2H])NC(=O)c1nnc(NC(=O)CC)cc1Nc1nc(OC)ccc1S(C)(=O)=O.[Li+]. The van der Waals surface area contributed by atoms with Gasteiger partial charge in [-0.25, -0.2) is 8.42 Å². The second-order valence-corrected chi connectivity index (χ2v) is 32.1. The number of methoxy groups -OCH3 is 3. The number of ether oxygens (including phenoxy) is 3. The molecule has 0 aliphatic heterocycles. The number of nitrogen functional groups attached to an aromatic ring is 1. The molecule has 10 N–H and O–H groups in total. The van der Waals surface area contributed by atoms with Crippen LogP contribution in [0, 0.1) is 6.92 Å². The molecule has 0 saturated carbocycles. The van der Waals surface area contributed by atoms with Gasteiger partial charge in [0, 0.05) is 87.6 Å². The van der Waals surface area contributed by atoms with Crippen molar-refractivity contribution in [3.63, 3.8) is 0 Å². The number of nitrogens with two attached hydrogens (primary N) is 2. The molecule has 0 spiro atoms. The minimum Gasteiger partial charge on any atom is -0.668 e. The van der Waals surface area contributed by atoms with Gasteiger partial charge in [-0.2, -0.15) is 15.0 Å². The number of nitrogens with one attached hydrogen (secondary N) is 6. The molecule has 36 heteroatoms. The van der Waals surface area contributed by atoms with Gasteiger partial charge in [0.2, 0.25) is 29.5 Å². The van der Waals surface area contributed by atoms with Crippen molar-refractivity contribution in [3.8, 4) is 17.6 Å². The third-order valence-electron chi connectivity index (χ3n) is 9.39. The van der Waals surface area contributed by atoms with Crippen molar-refractivity contribution < 1.29 is 77.8 Å². The van der Waals surface area contributed by atoms with Crippen LogP contribution >= 0.6 is 46.6 Å². The summed E-state index contributed by atoms with van der Waals surface area (Å²) in [5, 5.41) is 34.7. The summed E-state index contributed by atoms with van der Waals surface area (Å²) in [4.78, 5) is 70.1. The molecule has 0 aliphatic carbocycles. The van der Waals surface area contributed by atoms with Gasteiger partial charge >= 0.3 is 18.9 Å². The second kappa shape index (κ2) is 39.0. The van der Waals surface area contributed by atoms with Crippen LogP contribution < -0.4 is 76.4 Å². The number of rotatable bonds is 17. The van der Waals surface area contributed by atoms with Crippen LogP contribution in [-0.2, 0) is 19.4 Å². The van der Waals surface area contributed by atoms with E-state index in [9.17, 15) is 32.4 Å². The third kappa shape index (κ3) is 30.0. The van der Waals surface area contributed by atoms with Crippen LogP contribution in [0.25, 0.3) is 4.65 Å². The molecule has 0 aliphatic rings. The van der Waals surface area contributed by atoms with E-state index in [1.807, 2.05) is 17.6 Å². The molecule has 0 aromatic carbocycles. The average Bonchev–Trinajstić information content (AvgIpc) is 0.812. The molecule has 0 atom stereocenters. The Balaban J connectivity index is 0.00000123. The van der Waals surface area contributed by atoms with E-state index in [1.165, 1.54) is 44.6 Å². The number of pyridine rings is 3. The summed E-state index contributed by atoms with van der Waals surface area (Å²) in [5.41, 5.74) is 10.1. The fourth-order valence-electron chi connectivity index (χ4n) is 5.93. The Hall–Kier alpha value is -7.00. The number of anilines is 6. The summed E-state index contributed by atoms with van der Waals surface area (Å²) < 4.78 is 107. The topological polar surface area (TPSA) is 402 Å². The zero-order valence-electron chi connectivity index (χ0n) is 59.3. The molecule has 6 aromatic rings. The van der Waals surface area contributed by atoms with Crippen molar-refractivity contribution in [2.45, 2.75) is 82.7 Å². The maximum Gasteiger partial charge on any atom is 1.00 e. The van der Waals surface area contributed by atoms with Crippen LogP contribution in [0.4, 0.5) is 34.6 Å². The summed E-state index contributed by atoms with van der Waals surface area (Å²) in [7, 11) is -1.59. The quantitative estimate of drug-likeness (QED) is 0.0433. The number of hydrogen-bond donors (Lipinski definition) is 8. The minimum atomic E-state index is -3.75. The summed E-state index contributed by atoms with van der Waals surface area (Å²) in [6.07, 6.45) is 3.50. The van der Waals surface area contributed by atoms with Gasteiger partial charge in [-0.1, -0.05) is 110 Å². The van der Waals surface area contributed by atoms with E-state index in [2.05, 4.69) is 107 Å². The summed E-state index contributed by atoms with van der Waals surface area (Å²) >= 11 is 18.5. The van der Waals surface area contributed by atoms with Gasteiger partial charge in [-0.3, -0.25) is 24.0 Å². The Labute approximate surface area is 553 Å². The van der Waals surface area contributed by atoms with Gasteiger partial charge in [0.05, 0.1) is 37.7 Å². The van der Waals surface area contributed by atoms with Gasteiger partial charge < -0.3 is 62.2 Å². The van der Waals surface area contributed by atoms with Gasteiger partial charge in [-0.15, -0.1) is 42.4 Å². The fraction of sp³-hybridized carbons (Fsp3) is 0.373. The van der Waals surface area contributed by atoms with Crippen LogP contribution in [0.3, 0.4) is 0 Å². The number of thioether (sulfide) groups is 1. The number of halogens is 3. The maximum absolute atomic E-state index is 12.4. The molecule has 6 heterocycles. The number of aromatic nitrogens is 9. The molecule has 28 nitrogen and oxygen atoms in total. The first-order valence-corrected chi connectivity index (χ1v) is 35.8. The van der Waals surface area contributed by atoms with E-state index in [0.29, 0.717) is 29.8 Å². The maximum atomic E-state index is 12.4. The minimum absolute atomic E-state index is 0. The van der Waals surface area contributed by atoms with Crippen molar-refractivity contribution in [1.82, 2.24) is 61.5 Å². The zero-order valence-corrected chi connectivity index (χ0v) is 56.2. The first-order chi connectivity index (χ1) is 43.6. The van der Waals surface area contributed by atoms with E-state index in [-0.39, 0.29) is 91.7 Å². The number of hydrogen-bond acceptors (Lipinski definition) is 23. The van der Waals surface area contributed by atoms with E-state index < -0.39 is 76.6 Å². The van der Waals surface area contributed by atoms with E-state index in [0.717, 1.165) is 16.7 Å². The standard InChI is InChI=1S/C16H20N6O5S.C13H14ClN5O2.C7H10N2OS.C6H5Cl2N3O.C6H18NSi2.C3H7NO.Li/c1-5-12(23)19-11-8-9(14(22-21-11)16(24)17-2)18-15-10(28(4,25)26)6-7-13(20-15)27-3;1-7-4-5-10(21-3)17-12(7)16-8-6-9(14)18-19-11(8)13(20)15-2;1-10-6-4-3-5(11-2)7(8)9-6;1-9-6(12)5-3(7)2-4(8)10-11-5;1-8(2,3)7-9(4,5)6;1-2-3(4)5;/h6-8H,5H2,1-4H3,(H,17,24)(H2,18,19,20,21,23);4-6H,1-3H3,(H,15,20)(H,16,17,18);3-4H,1-2H3,(H2,8,9);2H,1H3,(H,9,12);1-6H3;2H2,1H3,(H2,4,5);/q;;;;-1;;+1/i2*2D3;;1D3;;;. The monoisotopic (exact) mass is 1340 g/mol. The van der Waals surface area contributed by atoms with E-state index >= 15 is 0 Å². The van der Waals surface area contributed by atoms with Gasteiger partial charge in [0.1, 0.15) is 16.5 Å². The number of nitrogens with zero attached hydrogens (tertiary/aromatic N) is 10. The first kappa shape index (κ1) is 64.5. The average molecular weight is 1340 g/mol. The molecule has 0 bridgehead atoms. The van der Waals surface area contributed by atoms with Crippen molar-refractivity contribution in [1.29, 1.82) is 0 Å². The summed E-state index contributed by atoms with van der Waals surface area (Å²) in [5.74, 6) is -1.91. The number of amides is 5. The number of aryl methyl sites for hydroxylation is 1. The second-order valence-electron chi connectivity index (χ2n) is 18.5. The predicted molar refractivity (Wildman–Crippen MR) is 343 cm³/mol. The zero-order chi connectivity index (χ0) is 73.2. The molecule has 0 saturated heterocycles. The van der Waals surface area contributed by atoms with Crippen molar-refractivity contribution in [2.24, 2.45) is 5.73 Å². The molecule has 6 rings (SSSR count). The van der Waals surface area contributed by atoms with E-state index in [1.54, 1.807) is 68.5 Å². The van der Waals surface area contributed by atoms with Crippen LogP contribution in [0.1, 0.15) is 76.1 Å². The van der Waals surface area contributed by atoms with Crippen molar-refractivity contribution in [2.75, 3.05) is 76.5 Å². The third-order valence-corrected chi connectivity index (χ3v) is 17.3. The van der Waals surface area contributed by atoms with Crippen LogP contribution in [0.15, 0.2) is 64.4 Å². The van der Waals surface area contributed by atoms with Crippen LogP contribution in [0.2, 0.25) is 54.6 Å². The Bertz CT molecular complexity index is 3710. The summed E-state index contributed by atoms with van der Waals surface area (Å²) in [6.45, 7) is 10.9. The first-order valence-electron chi connectivity index (χ1n) is 29.1. The van der Waals surface area contributed by atoms with Crippen molar-refractivity contribution >= 4 is 137 Å². The molecular formula is C51H74Cl3LiN18O10S2Si2. The fourth-order valence-corrected chi connectivity index (χ4v) is 15.8. The molecule has 0 fully saturated rings. The molecule has 6 aromatic heterocycles. The molecule has 0 radical (unpaired) electrons. The van der Waals surface area contributed by atoms with Gasteiger partial charge in [-0.05, 0) is 36.9 Å². The van der Waals surface area contributed by atoms with Crippen LogP contribution in [-0.4, -0.2) is 155 Å². The van der Waals surface area contributed by atoms with E-state index in [4.69, 9.17) is 71.7 Å². The number of primary amides is 1. The molecular weight excluding hydrogens is 1260 g/mol. The number of carbonyl (C=O) groups excluding carboxylic acids is 5. The Morgan fingerprint density at radius 1 is 0.655 bits per heavy atom. The summed E-state index contributed by atoms with van der Waals surface area (Å²) in [6, 6.07) is 13.5. The normalized spacial score (nSPS) is 12.3. The Morgan fingerprint density at radius 3 is 1.53 bits per heavy atom. The Kier molecular flexibility index (Phi) is 28.9. The Morgan fingerprint density at radius 2 is 1.09 bits per heavy atom.